The highest BCUT2D eigenvalue weighted by Gasteiger charge is 2.34. The number of hydrogen-bond donors (Lipinski definition) is 0. The molecule has 108 valence electrons. The smallest absolute Gasteiger partial charge is 0.159 e. The number of rotatable bonds is 3. The number of benzene rings is 1. The van der Waals surface area contributed by atoms with E-state index in [4.69, 9.17) is 0 Å². The SMILES string of the molecule is CN(C)CC1(c2ccc(F)c(F)c2)CCCCC1.Cl. The lowest BCUT2D eigenvalue weighted by atomic mass is 9.69. The fourth-order valence-corrected chi connectivity index (χ4v) is 3.20. The third kappa shape index (κ3) is 3.67. The molecule has 2 rings (SSSR count). The molecular weight excluding hydrogens is 268 g/mol. The van der Waals surface area contributed by atoms with Gasteiger partial charge in [0.25, 0.3) is 0 Å². The molecule has 4 heteroatoms. The number of nitrogens with zero attached hydrogens (tertiary/aromatic N) is 1. The van der Waals surface area contributed by atoms with Crippen LogP contribution in [-0.2, 0) is 5.41 Å². The van der Waals surface area contributed by atoms with Crippen LogP contribution in [0.2, 0.25) is 0 Å². The number of hydrogen-bond acceptors (Lipinski definition) is 1. The van der Waals surface area contributed by atoms with Crippen molar-refractivity contribution in [3.8, 4) is 0 Å². The van der Waals surface area contributed by atoms with Crippen molar-refractivity contribution in [2.75, 3.05) is 20.6 Å². The summed E-state index contributed by atoms with van der Waals surface area (Å²) in [4.78, 5) is 2.15. The first-order valence-corrected chi connectivity index (χ1v) is 6.64. The van der Waals surface area contributed by atoms with E-state index in [2.05, 4.69) is 4.90 Å². The van der Waals surface area contributed by atoms with Gasteiger partial charge in [-0.3, -0.25) is 0 Å². The first kappa shape index (κ1) is 16.4. The van der Waals surface area contributed by atoms with Gasteiger partial charge in [0.05, 0.1) is 0 Å². The number of likely N-dealkylation sites (N-methyl/N-ethyl adjacent to an activating group) is 1. The fraction of sp³-hybridized carbons (Fsp3) is 0.600. The minimum Gasteiger partial charge on any atom is -0.309 e. The van der Waals surface area contributed by atoms with Crippen LogP contribution in [0, 0.1) is 11.6 Å². The number of halogens is 3. The average Bonchev–Trinajstić information content (AvgIpc) is 2.33. The van der Waals surface area contributed by atoms with Gasteiger partial charge in [0.1, 0.15) is 0 Å². The van der Waals surface area contributed by atoms with Gasteiger partial charge in [0, 0.05) is 12.0 Å². The van der Waals surface area contributed by atoms with Crippen molar-refractivity contribution in [2.24, 2.45) is 0 Å². The minimum atomic E-state index is -0.755. The van der Waals surface area contributed by atoms with E-state index in [1.807, 2.05) is 14.1 Å². The van der Waals surface area contributed by atoms with Crippen molar-refractivity contribution in [3.05, 3.63) is 35.4 Å². The summed E-state index contributed by atoms with van der Waals surface area (Å²) in [5.74, 6) is -1.48. The van der Waals surface area contributed by atoms with Crippen molar-refractivity contribution in [1.82, 2.24) is 4.90 Å². The second-order valence-corrected chi connectivity index (χ2v) is 5.71. The quantitative estimate of drug-likeness (QED) is 0.808. The standard InChI is InChI=1S/C15H21F2N.ClH/c1-18(2)11-15(8-4-3-5-9-15)12-6-7-13(16)14(17)10-12;/h6-7,10H,3-5,8-9,11H2,1-2H3;1H. The summed E-state index contributed by atoms with van der Waals surface area (Å²) in [6.45, 7) is 0.901. The lowest BCUT2D eigenvalue weighted by Crippen LogP contribution is -2.39. The van der Waals surface area contributed by atoms with Crippen LogP contribution in [0.3, 0.4) is 0 Å². The topological polar surface area (TPSA) is 3.24 Å². The largest absolute Gasteiger partial charge is 0.309 e. The summed E-state index contributed by atoms with van der Waals surface area (Å²) in [5, 5.41) is 0. The third-order valence-corrected chi connectivity index (χ3v) is 3.96. The van der Waals surface area contributed by atoms with E-state index in [0.717, 1.165) is 24.9 Å². The summed E-state index contributed by atoms with van der Waals surface area (Å²) < 4.78 is 26.5. The van der Waals surface area contributed by atoms with Gasteiger partial charge in [-0.25, -0.2) is 8.78 Å². The Morgan fingerprint density at radius 3 is 2.21 bits per heavy atom. The van der Waals surface area contributed by atoms with Gasteiger partial charge in [-0.2, -0.15) is 0 Å². The fourth-order valence-electron chi connectivity index (χ4n) is 3.20. The normalized spacial score (nSPS) is 18.2. The molecule has 0 amide bonds. The average molecular weight is 290 g/mol. The Hall–Kier alpha value is -0.670. The van der Waals surface area contributed by atoms with Gasteiger partial charge < -0.3 is 4.90 Å². The molecule has 0 radical (unpaired) electrons. The second kappa shape index (κ2) is 6.67. The van der Waals surface area contributed by atoms with Crippen LogP contribution in [-0.4, -0.2) is 25.5 Å². The van der Waals surface area contributed by atoms with Gasteiger partial charge in [-0.05, 0) is 44.6 Å². The molecule has 19 heavy (non-hydrogen) atoms. The molecule has 0 spiro atoms. The molecule has 1 aliphatic carbocycles. The van der Waals surface area contributed by atoms with Crippen LogP contribution in [0.15, 0.2) is 18.2 Å². The molecule has 0 atom stereocenters. The summed E-state index contributed by atoms with van der Waals surface area (Å²) in [6, 6.07) is 4.41. The Labute approximate surface area is 120 Å². The van der Waals surface area contributed by atoms with Crippen LogP contribution in [0.25, 0.3) is 0 Å². The van der Waals surface area contributed by atoms with Crippen LogP contribution < -0.4 is 0 Å². The molecule has 1 nitrogen and oxygen atoms in total. The highest BCUT2D eigenvalue weighted by atomic mass is 35.5. The first-order chi connectivity index (χ1) is 8.53. The Bertz CT molecular complexity index is 415. The summed E-state index contributed by atoms with van der Waals surface area (Å²) >= 11 is 0. The summed E-state index contributed by atoms with van der Waals surface area (Å²) in [5.41, 5.74) is 0.950. The second-order valence-electron chi connectivity index (χ2n) is 5.71. The zero-order valence-corrected chi connectivity index (χ0v) is 12.4. The highest BCUT2D eigenvalue weighted by Crippen LogP contribution is 2.40. The summed E-state index contributed by atoms with van der Waals surface area (Å²) in [6.07, 6.45) is 5.73. The van der Waals surface area contributed by atoms with E-state index < -0.39 is 11.6 Å². The molecule has 0 N–H and O–H groups in total. The molecule has 0 heterocycles. The van der Waals surface area contributed by atoms with Crippen LogP contribution in [0.5, 0.6) is 0 Å². The van der Waals surface area contributed by atoms with Gasteiger partial charge in [-0.1, -0.05) is 25.3 Å². The van der Waals surface area contributed by atoms with Crippen molar-refractivity contribution in [2.45, 2.75) is 37.5 Å². The predicted octanol–water partition coefficient (Wildman–Crippen LogP) is 4.15. The van der Waals surface area contributed by atoms with Crippen molar-refractivity contribution >= 4 is 12.4 Å². The molecule has 1 aromatic carbocycles. The van der Waals surface area contributed by atoms with E-state index in [0.29, 0.717) is 0 Å². The van der Waals surface area contributed by atoms with E-state index >= 15 is 0 Å². The first-order valence-electron chi connectivity index (χ1n) is 6.64. The molecule has 0 saturated heterocycles. The maximum absolute atomic E-state index is 13.5. The minimum absolute atomic E-state index is 0. The molecular formula is C15H22ClF2N. The molecule has 0 aromatic heterocycles. The molecule has 1 aromatic rings. The highest BCUT2D eigenvalue weighted by molar-refractivity contribution is 5.85. The lowest BCUT2D eigenvalue weighted by Gasteiger charge is -2.40. The van der Waals surface area contributed by atoms with Crippen LogP contribution in [0.4, 0.5) is 8.78 Å². The monoisotopic (exact) mass is 289 g/mol. The zero-order chi connectivity index (χ0) is 13.2. The van der Waals surface area contributed by atoms with E-state index in [1.54, 1.807) is 6.07 Å². The van der Waals surface area contributed by atoms with Crippen molar-refractivity contribution in [3.63, 3.8) is 0 Å². The maximum Gasteiger partial charge on any atom is 0.159 e. The van der Waals surface area contributed by atoms with E-state index in [1.165, 1.54) is 31.4 Å². The molecule has 0 unspecified atom stereocenters. The molecule has 0 aliphatic heterocycles. The van der Waals surface area contributed by atoms with Gasteiger partial charge in [0.15, 0.2) is 11.6 Å². The molecule has 1 aliphatic rings. The van der Waals surface area contributed by atoms with Gasteiger partial charge in [0.2, 0.25) is 0 Å². The Kier molecular flexibility index (Phi) is 5.75. The third-order valence-electron chi connectivity index (χ3n) is 3.96. The van der Waals surface area contributed by atoms with E-state index in [-0.39, 0.29) is 17.8 Å². The Morgan fingerprint density at radius 2 is 1.68 bits per heavy atom. The Morgan fingerprint density at radius 1 is 1.05 bits per heavy atom. The van der Waals surface area contributed by atoms with Crippen molar-refractivity contribution in [1.29, 1.82) is 0 Å². The van der Waals surface area contributed by atoms with Crippen LogP contribution in [0.1, 0.15) is 37.7 Å². The summed E-state index contributed by atoms with van der Waals surface area (Å²) in [7, 11) is 4.08. The maximum atomic E-state index is 13.5. The Balaban J connectivity index is 0.00000180. The van der Waals surface area contributed by atoms with E-state index in [9.17, 15) is 8.78 Å². The predicted molar refractivity (Wildman–Crippen MR) is 76.9 cm³/mol. The molecule has 1 fully saturated rings. The van der Waals surface area contributed by atoms with Gasteiger partial charge >= 0.3 is 0 Å². The molecule has 0 bridgehead atoms. The van der Waals surface area contributed by atoms with Gasteiger partial charge in [-0.15, -0.1) is 12.4 Å². The zero-order valence-electron chi connectivity index (χ0n) is 11.6. The van der Waals surface area contributed by atoms with Crippen LogP contribution >= 0.6 is 12.4 Å². The van der Waals surface area contributed by atoms with Crippen molar-refractivity contribution < 1.29 is 8.78 Å². The molecule has 1 saturated carbocycles. The lowest BCUT2D eigenvalue weighted by molar-refractivity contribution is 0.215.